The lowest BCUT2D eigenvalue weighted by molar-refractivity contribution is 0.0769. The summed E-state index contributed by atoms with van der Waals surface area (Å²) in [6, 6.07) is 15.4. The van der Waals surface area contributed by atoms with Gasteiger partial charge in [0.25, 0.3) is 5.91 Å². The molecule has 2 heterocycles. The molecule has 0 radical (unpaired) electrons. The van der Waals surface area contributed by atoms with Gasteiger partial charge in [0.05, 0.1) is 11.8 Å². The largest absolute Gasteiger partial charge is 0.459 e. The topological polar surface area (TPSA) is 70.1 Å². The normalized spacial score (nSPS) is 10.4. The standard InChI is InChI=1S/C19H17N3O2S/c1-13-8-9-16(24-13)18-21-14(2)17(25-18)19(23)22(11-10-20)12-15-6-4-3-5-7-15/h3-9H,11-12H2,1-2H3. The number of nitrogens with zero attached hydrogens (tertiary/aromatic N) is 3. The summed E-state index contributed by atoms with van der Waals surface area (Å²) in [5.74, 6) is 1.26. The Labute approximate surface area is 150 Å². The second kappa shape index (κ2) is 7.32. The number of benzene rings is 1. The smallest absolute Gasteiger partial charge is 0.267 e. The van der Waals surface area contributed by atoms with Crippen LogP contribution in [0.15, 0.2) is 46.9 Å². The molecule has 0 saturated heterocycles. The Kier molecular flexibility index (Phi) is 4.96. The molecule has 6 heteroatoms. The van der Waals surface area contributed by atoms with Gasteiger partial charge in [-0.2, -0.15) is 5.26 Å². The molecule has 3 rings (SSSR count). The lowest BCUT2D eigenvalue weighted by atomic mass is 10.2. The predicted molar refractivity (Wildman–Crippen MR) is 96.1 cm³/mol. The maximum atomic E-state index is 12.9. The zero-order valence-electron chi connectivity index (χ0n) is 14.0. The van der Waals surface area contributed by atoms with Crippen molar-refractivity contribution in [2.75, 3.05) is 6.54 Å². The summed E-state index contributed by atoms with van der Waals surface area (Å²) in [5, 5.41) is 9.77. The van der Waals surface area contributed by atoms with Crippen molar-refractivity contribution in [3.8, 4) is 16.8 Å². The number of aromatic nitrogens is 1. The monoisotopic (exact) mass is 351 g/mol. The fraction of sp³-hybridized carbons (Fsp3) is 0.211. The van der Waals surface area contributed by atoms with Crippen LogP contribution in [0.4, 0.5) is 0 Å². The lowest BCUT2D eigenvalue weighted by Crippen LogP contribution is -2.30. The summed E-state index contributed by atoms with van der Waals surface area (Å²) in [7, 11) is 0. The van der Waals surface area contributed by atoms with Crippen LogP contribution in [0.5, 0.6) is 0 Å². The van der Waals surface area contributed by atoms with Crippen LogP contribution in [-0.4, -0.2) is 22.3 Å². The molecule has 5 nitrogen and oxygen atoms in total. The van der Waals surface area contributed by atoms with Gasteiger partial charge in [0, 0.05) is 6.54 Å². The molecule has 0 aliphatic heterocycles. The van der Waals surface area contributed by atoms with Crippen LogP contribution >= 0.6 is 11.3 Å². The highest BCUT2D eigenvalue weighted by atomic mass is 32.1. The van der Waals surface area contributed by atoms with Gasteiger partial charge in [0.1, 0.15) is 17.2 Å². The van der Waals surface area contributed by atoms with Crippen molar-refractivity contribution in [1.82, 2.24) is 9.88 Å². The van der Waals surface area contributed by atoms with Crippen LogP contribution in [0.25, 0.3) is 10.8 Å². The van der Waals surface area contributed by atoms with Gasteiger partial charge < -0.3 is 9.32 Å². The summed E-state index contributed by atoms with van der Waals surface area (Å²) in [6.07, 6.45) is 0. The number of amides is 1. The summed E-state index contributed by atoms with van der Waals surface area (Å²) >= 11 is 1.29. The molecule has 0 bridgehead atoms. The molecule has 1 amide bonds. The first-order chi connectivity index (χ1) is 12.1. The lowest BCUT2D eigenvalue weighted by Gasteiger charge is -2.19. The molecule has 0 unspecified atom stereocenters. The molecular formula is C19H17N3O2S. The van der Waals surface area contributed by atoms with Gasteiger partial charge in [0.2, 0.25) is 0 Å². The van der Waals surface area contributed by atoms with Crippen molar-refractivity contribution >= 4 is 17.2 Å². The van der Waals surface area contributed by atoms with E-state index in [-0.39, 0.29) is 12.5 Å². The van der Waals surface area contributed by atoms with E-state index in [9.17, 15) is 4.79 Å². The fourth-order valence-electron chi connectivity index (χ4n) is 2.48. The summed E-state index contributed by atoms with van der Waals surface area (Å²) in [6.45, 7) is 4.08. The zero-order chi connectivity index (χ0) is 17.8. The predicted octanol–water partition coefficient (Wildman–Crippen LogP) is 4.19. The first-order valence-electron chi connectivity index (χ1n) is 7.83. The van der Waals surface area contributed by atoms with Gasteiger partial charge in [-0.15, -0.1) is 11.3 Å². The molecule has 0 fully saturated rings. The Morgan fingerprint density at radius 2 is 2.00 bits per heavy atom. The Morgan fingerprint density at radius 1 is 1.24 bits per heavy atom. The van der Waals surface area contributed by atoms with E-state index in [2.05, 4.69) is 11.1 Å². The minimum atomic E-state index is -0.185. The number of hydrogen-bond acceptors (Lipinski definition) is 5. The van der Waals surface area contributed by atoms with E-state index in [1.165, 1.54) is 16.2 Å². The van der Waals surface area contributed by atoms with Crippen molar-refractivity contribution in [3.05, 3.63) is 64.4 Å². The number of rotatable bonds is 5. The van der Waals surface area contributed by atoms with Crippen molar-refractivity contribution in [2.45, 2.75) is 20.4 Å². The molecule has 1 aromatic carbocycles. The highest BCUT2D eigenvalue weighted by Crippen LogP contribution is 2.30. The van der Waals surface area contributed by atoms with E-state index in [0.717, 1.165) is 11.3 Å². The van der Waals surface area contributed by atoms with Crippen LogP contribution in [-0.2, 0) is 6.54 Å². The number of furan rings is 1. The number of carbonyl (C=O) groups excluding carboxylic acids is 1. The van der Waals surface area contributed by atoms with Gasteiger partial charge in [-0.3, -0.25) is 4.79 Å². The van der Waals surface area contributed by atoms with E-state index in [1.807, 2.05) is 49.4 Å². The molecule has 0 saturated carbocycles. The van der Waals surface area contributed by atoms with Crippen molar-refractivity contribution in [1.29, 1.82) is 5.26 Å². The molecule has 2 aromatic heterocycles. The Hall–Kier alpha value is -2.91. The van der Waals surface area contributed by atoms with Gasteiger partial charge >= 0.3 is 0 Å². The molecule has 0 spiro atoms. The van der Waals surface area contributed by atoms with Crippen LogP contribution in [0.1, 0.15) is 26.7 Å². The first kappa shape index (κ1) is 16.9. The quantitative estimate of drug-likeness (QED) is 0.646. The van der Waals surface area contributed by atoms with E-state index in [1.54, 1.807) is 6.92 Å². The van der Waals surface area contributed by atoms with Crippen LogP contribution in [0, 0.1) is 25.2 Å². The number of carbonyl (C=O) groups is 1. The Morgan fingerprint density at radius 3 is 2.64 bits per heavy atom. The van der Waals surface area contributed by atoms with E-state index in [0.29, 0.717) is 27.9 Å². The molecule has 0 aliphatic carbocycles. The second-order valence-corrected chi connectivity index (χ2v) is 6.65. The molecule has 0 N–H and O–H groups in total. The maximum Gasteiger partial charge on any atom is 0.267 e. The maximum absolute atomic E-state index is 12.9. The summed E-state index contributed by atoms with van der Waals surface area (Å²) in [5.41, 5.74) is 1.63. The van der Waals surface area contributed by atoms with Crippen molar-refractivity contribution < 1.29 is 9.21 Å². The third-order valence-corrected chi connectivity index (χ3v) is 4.87. The fourth-order valence-corrected chi connectivity index (χ4v) is 3.48. The number of aryl methyl sites for hydroxylation is 2. The zero-order valence-corrected chi connectivity index (χ0v) is 14.8. The minimum Gasteiger partial charge on any atom is -0.459 e. The van der Waals surface area contributed by atoms with Gasteiger partial charge in [-0.25, -0.2) is 4.98 Å². The highest BCUT2D eigenvalue weighted by molar-refractivity contribution is 7.17. The molecular weight excluding hydrogens is 334 g/mol. The summed E-state index contributed by atoms with van der Waals surface area (Å²) < 4.78 is 5.59. The van der Waals surface area contributed by atoms with Gasteiger partial charge in [-0.1, -0.05) is 30.3 Å². The molecule has 0 atom stereocenters. The number of hydrogen-bond donors (Lipinski definition) is 0. The van der Waals surface area contributed by atoms with Gasteiger partial charge in [-0.05, 0) is 31.5 Å². The second-order valence-electron chi connectivity index (χ2n) is 5.65. The minimum absolute atomic E-state index is 0.0280. The Bertz CT molecular complexity index is 922. The van der Waals surface area contributed by atoms with Crippen molar-refractivity contribution in [2.24, 2.45) is 0 Å². The van der Waals surface area contributed by atoms with E-state index < -0.39 is 0 Å². The molecule has 3 aromatic rings. The first-order valence-corrected chi connectivity index (χ1v) is 8.64. The highest BCUT2D eigenvalue weighted by Gasteiger charge is 2.23. The molecule has 126 valence electrons. The number of nitriles is 1. The number of thiazole rings is 1. The van der Waals surface area contributed by atoms with E-state index in [4.69, 9.17) is 9.68 Å². The van der Waals surface area contributed by atoms with Crippen LogP contribution in [0.3, 0.4) is 0 Å². The summed E-state index contributed by atoms with van der Waals surface area (Å²) in [4.78, 5) is 19.5. The third kappa shape index (κ3) is 3.78. The average Bonchev–Trinajstić information content (AvgIpc) is 3.20. The molecule has 25 heavy (non-hydrogen) atoms. The average molecular weight is 351 g/mol. The van der Waals surface area contributed by atoms with Crippen molar-refractivity contribution in [3.63, 3.8) is 0 Å². The van der Waals surface area contributed by atoms with E-state index >= 15 is 0 Å². The van der Waals surface area contributed by atoms with Crippen LogP contribution < -0.4 is 0 Å². The third-order valence-electron chi connectivity index (χ3n) is 3.71. The van der Waals surface area contributed by atoms with Crippen LogP contribution in [0.2, 0.25) is 0 Å². The van der Waals surface area contributed by atoms with Gasteiger partial charge in [0.15, 0.2) is 10.8 Å². The molecule has 0 aliphatic rings. The SMILES string of the molecule is Cc1ccc(-c2nc(C)c(C(=O)N(CC#N)Cc3ccccc3)s2)o1. The Balaban J connectivity index is 1.87.